The molecule has 1 amide bonds. The van der Waals surface area contributed by atoms with Gasteiger partial charge in [-0.2, -0.15) is 0 Å². The van der Waals surface area contributed by atoms with Crippen LogP contribution in [0.5, 0.6) is 5.75 Å². The van der Waals surface area contributed by atoms with E-state index in [2.05, 4.69) is 15.5 Å². The first-order valence-electron chi connectivity index (χ1n) is 8.34. The number of carbonyl (C=O) groups excluding carboxylic acids is 1. The normalized spacial score (nSPS) is 10.6. The molecule has 27 heavy (non-hydrogen) atoms. The van der Waals surface area contributed by atoms with E-state index in [0.29, 0.717) is 16.7 Å². The standard InChI is InChI=1S/C19H19ClN4O2S/c1-26-17-8-6-16(7-9-17)24-13-22-23-19(24)27-12-18(25)21-11-10-14-2-4-15(20)5-3-14/h2-9,13H,10-12H2,1H3,(H,21,25). The monoisotopic (exact) mass is 402 g/mol. The zero-order chi connectivity index (χ0) is 19.1. The average molecular weight is 403 g/mol. The highest BCUT2D eigenvalue weighted by Gasteiger charge is 2.10. The van der Waals surface area contributed by atoms with E-state index in [1.54, 1.807) is 13.4 Å². The molecular formula is C19H19ClN4O2S. The molecule has 0 radical (unpaired) electrons. The Morgan fingerprint density at radius 1 is 1.19 bits per heavy atom. The van der Waals surface area contributed by atoms with Crippen molar-refractivity contribution in [1.29, 1.82) is 0 Å². The van der Waals surface area contributed by atoms with Gasteiger partial charge in [0.1, 0.15) is 12.1 Å². The third-order valence-electron chi connectivity index (χ3n) is 3.85. The van der Waals surface area contributed by atoms with Gasteiger partial charge in [-0.25, -0.2) is 0 Å². The number of benzene rings is 2. The van der Waals surface area contributed by atoms with Crippen molar-refractivity contribution >= 4 is 29.3 Å². The van der Waals surface area contributed by atoms with Crippen molar-refractivity contribution in [3.8, 4) is 11.4 Å². The molecule has 0 atom stereocenters. The topological polar surface area (TPSA) is 69.0 Å². The number of methoxy groups -OCH3 is 1. The summed E-state index contributed by atoms with van der Waals surface area (Å²) >= 11 is 7.21. The molecule has 140 valence electrons. The number of rotatable bonds is 8. The summed E-state index contributed by atoms with van der Waals surface area (Å²) in [7, 11) is 1.63. The number of thioether (sulfide) groups is 1. The van der Waals surface area contributed by atoms with E-state index >= 15 is 0 Å². The van der Waals surface area contributed by atoms with Gasteiger partial charge in [-0.05, 0) is 48.4 Å². The van der Waals surface area contributed by atoms with Crippen LogP contribution in [0.15, 0.2) is 60.0 Å². The van der Waals surface area contributed by atoms with Gasteiger partial charge in [0.25, 0.3) is 0 Å². The number of hydrogen-bond acceptors (Lipinski definition) is 5. The first-order valence-corrected chi connectivity index (χ1v) is 9.70. The molecule has 3 rings (SSSR count). The minimum absolute atomic E-state index is 0.0433. The highest BCUT2D eigenvalue weighted by atomic mass is 35.5. The fourth-order valence-electron chi connectivity index (χ4n) is 2.42. The van der Waals surface area contributed by atoms with Crippen LogP contribution in [0.1, 0.15) is 5.56 Å². The zero-order valence-corrected chi connectivity index (χ0v) is 16.3. The number of hydrogen-bond donors (Lipinski definition) is 1. The van der Waals surface area contributed by atoms with Gasteiger partial charge >= 0.3 is 0 Å². The van der Waals surface area contributed by atoms with E-state index in [-0.39, 0.29) is 11.7 Å². The smallest absolute Gasteiger partial charge is 0.230 e. The van der Waals surface area contributed by atoms with Crippen molar-refractivity contribution in [2.24, 2.45) is 0 Å². The lowest BCUT2D eigenvalue weighted by molar-refractivity contribution is -0.118. The van der Waals surface area contributed by atoms with E-state index in [1.807, 2.05) is 53.1 Å². The van der Waals surface area contributed by atoms with Crippen LogP contribution < -0.4 is 10.1 Å². The minimum Gasteiger partial charge on any atom is -0.497 e. The SMILES string of the molecule is COc1ccc(-n2cnnc2SCC(=O)NCCc2ccc(Cl)cc2)cc1. The second-order valence-electron chi connectivity index (χ2n) is 5.70. The molecule has 6 nitrogen and oxygen atoms in total. The highest BCUT2D eigenvalue weighted by molar-refractivity contribution is 7.99. The van der Waals surface area contributed by atoms with Crippen molar-refractivity contribution in [1.82, 2.24) is 20.1 Å². The molecule has 1 heterocycles. The number of carbonyl (C=O) groups is 1. The van der Waals surface area contributed by atoms with Crippen LogP contribution in [0, 0.1) is 0 Å². The highest BCUT2D eigenvalue weighted by Crippen LogP contribution is 2.21. The molecule has 0 saturated carbocycles. The van der Waals surface area contributed by atoms with Gasteiger partial charge in [-0.15, -0.1) is 10.2 Å². The Bertz CT molecular complexity index is 881. The van der Waals surface area contributed by atoms with Gasteiger partial charge in [0.15, 0.2) is 5.16 Å². The molecule has 0 spiro atoms. The van der Waals surface area contributed by atoms with Crippen molar-refractivity contribution in [3.63, 3.8) is 0 Å². The largest absolute Gasteiger partial charge is 0.497 e. The molecular weight excluding hydrogens is 384 g/mol. The number of ether oxygens (including phenoxy) is 1. The van der Waals surface area contributed by atoms with Crippen LogP contribution >= 0.6 is 23.4 Å². The van der Waals surface area contributed by atoms with Crippen molar-refractivity contribution in [2.75, 3.05) is 19.4 Å². The van der Waals surface area contributed by atoms with Crippen molar-refractivity contribution in [3.05, 3.63) is 65.4 Å². The fraction of sp³-hybridized carbons (Fsp3) is 0.211. The summed E-state index contributed by atoms with van der Waals surface area (Å²) in [6, 6.07) is 15.2. The average Bonchev–Trinajstić information content (AvgIpc) is 3.16. The van der Waals surface area contributed by atoms with Crippen LogP contribution in [0.3, 0.4) is 0 Å². The van der Waals surface area contributed by atoms with E-state index in [1.165, 1.54) is 11.8 Å². The molecule has 8 heteroatoms. The van der Waals surface area contributed by atoms with E-state index < -0.39 is 0 Å². The molecule has 0 fully saturated rings. The first kappa shape index (κ1) is 19.3. The van der Waals surface area contributed by atoms with E-state index in [4.69, 9.17) is 16.3 Å². The van der Waals surface area contributed by atoms with Crippen molar-refractivity contribution in [2.45, 2.75) is 11.6 Å². The molecule has 1 aromatic heterocycles. The lowest BCUT2D eigenvalue weighted by Crippen LogP contribution is -2.27. The third kappa shape index (κ3) is 5.48. The summed E-state index contributed by atoms with van der Waals surface area (Å²) in [6.07, 6.45) is 2.39. The quantitative estimate of drug-likeness (QED) is 0.585. The number of aromatic nitrogens is 3. The molecule has 1 N–H and O–H groups in total. The van der Waals surface area contributed by atoms with Gasteiger partial charge in [-0.3, -0.25) is 9.36 Å². The molecule has 0 aliphatic heterocycles. The van der Waals surface area contributed by atoms with Crippen LogP contribution in [-0.2, 0) is 11.2 Å². The number of halogens is 1. The molecule has 3 aromatic rings. The van der Waals surface area contributed by atoms with Gasteiger partial charge in [0.05, 0.1) is 12.9 Å². The molecule has 0 bridgehead atoms. The predicted octanol–water partition coefficient (Wildman–Crippen LogP) is 3.38. The summed E-state index contributed by atoms with van der Waals surface area (Å²) < 4.78 is 7.00. The maximum atomic E-state index is 12.1. The van der Waals surface area contributed by atoms with Gasteiger partial charge in [0.2, 0.25) is 5.91 Å². The Balaban J connectivity index is 1.49. The van der Waals surface area contributed by atoms with Gasteiger partial charge < -0.3 is 10.1 Å². The Hall–Kier alpha value is -2.51. The number of nitrogens with zero attached hydrogens (tertiary/aromatic N) is 3. The van der Waals surface area contributed by atoms with Crippen LogP contribution in [0.2, 0.25) is 5.02 Å². The third-order valence-corrected chi connectivity index (χ3v) is 5.04. The summed E-state index contributed by atoms with van der Waals surface area (Å²) in [5.41, 5.74) is 2.04. The Morgan fingerprint density at radius 3 is 2.63 bits per heavy atom. The van der Waals surface area contributed by atoms with Crippen molar-refractivity contribution < 1.29 is 9.53 Å². The lowest BCUT2D eigenvalue weighted by atomic mass is 10.1. The summed E-state index contributed by atoms with van der Waals surface area (Å²) in [6.45, 7) is 0.576. The Labute approximate surface area is 166 Å². The van der Waals surface area contributed by atoms with E-state index in [9.17, 15) is 4.79 Å². The van der Waals surface area contributed by atoms with Gasteiger partial charge in [-0.1, -0.05) is 35.5 Å². The Morgan fingerprint density at radius 2 is 1.93 bits per heavy atom. The van der Waals surface area contributed by atoms with Crippen LogP contribution in [0.25, 0.3) is 5.69 Å². The summed E-state index contributed by atoms with van der Waals surface area (Å²) in [4.78, 5) is 12.1. The molecule has 2 aromatic carbocycles. The molecule has 0 aliphatic carbocycles. The second kappa shape index (κ2) is 9.43. The molecule has 0 saturated heterocycles. The van der Waals surface area contributed by atoms with Crippen LogP contribution in [0.4, 0.5) is 0 Å². The molecule has 0 unspecified atom stereocenters. The number of nitrogens with one attached hydrogen (secondary N) is 1. The zero-order valence-electron chi connectivity index (χ0n) is 14.8. The maximum Gasteiger partial charge on any atom is 0.230 e. The van der Waals surface area contributed by atoms with E-state index in [0.717, 1.165) is 23.4 Å². The summed E-state index contributed by atoms with van der Waals surface area (Å²) in [5, 5.41) is 12.3. The minimum atomic E-state index is -0.0433. The second-order valence-corrected chi connectivity index (χ2v) is 7.08. The fourth-order valence-corrected chi connectivity index (χ4v) is 3.31. The Kier molecular flexibility index (Phi) is 6.73. The van der Waals surface area contributed by atoms with Gasteiger partial charge in [0, 0.05) is 17.3 Å². The maximum absolute atomic E-state index is 12.1. The first-order chi connectivity index (χ1) is 13.2. The van der Waals surface area contributed by atoms with Crippen LogP contribution in [-0.4, -0.2) is 40.1 Å². The predicted molar refractivity (Wildman–Crippen MR) is 107 cm³/mol. The number of amides is 1. The molecule has 0 aliphatic rings. The lowest BCUT2D eigenvalue weighted by Gasteiger charge is -2.08. The summed E-state index contributed by atoms with van der Waals surface area (Å²) in [5.74, 6) is 1.01.